The predicted octanol–water partition coefficient (Wildman–Crippen LogP) is 2.06. The maximum atomic E-state index is 12.2. The summed E-state index contributed by atoms with van der Waals surface area (Å²) < 4.78 is 30.9. The van der Waals surface area contributed by atoms with Crippen LogP contribution in [0, 0.1) is 5.92 Å². The number of carboxylic acids is 1. The second-order valence-corrected chi connectivity index (χ2v) is 7.23. The highest BCUT2D eigenvalue weighted by Crippen LogP contribution is 2.15. The fourth-order valence-corrected chi connectivity index (χ4v) is 3.09. The summed E-state index contributed by atoms with van der Waals surface area (Å²) in [5.74, 6) is -3.47. The van der Waals surface area contributed by atoms with Gasteiger partial charge >= 0.3 is 5.97 Å². The van der Waals surface area contributed by atoms with Crippen LogP contribution in [-0.4, -0.2) is 32.5 Å². The third kappa shape index (κ3) is 6.27. The van der Waals surface area contributed by atoms with Gasteiger partial charge in [-0.1, -0.05) is 42.5 Å². The number of aliphatic carboxylic acids is 1. The van der Waals surface area contributed by atoms with Crippen LogP contribution in [-0.2, 0) is 26.0 Å². The summed E-state index contributed by atoms with van der Waals surface area (Å²) in [7, 11) is -2.63. The molecule has 142 valence electrons. The van der Waals surface area contributed by atoms with Crippen LogP contribution in [0.1, 0.15) is 11.1 Å². The molecule has 8 heteroatoms. The molecule has 7 nitrogen and oxygen atoms in total. The van der Waals surface area contributed by atoms with Crippen LogP contribution in [0.3, 0.4) is 0 Å². The molecule has 0 aliphatic carbocycles. The molecule has 1 atom stereocenters. The molecule has 0 saturated heterocycles. The van der Waals surface area contributed by atoms with Crippen LogP contribution >= 0.6 is 0 Å². The van der Waals surface area contributed by atoms with Crippen molar-refractivity contribution >= 4 is 28.0 Å². The zero-order chi connectivity index (χ0) is 19.9. The van der Waals surface area contributed by atoms with Crippen molar-refractivity contribution in [2.24, 2.45) is 5.92 Å². The highest BCUT2D eigenvalue weighted by molar-refractivity contribution is 7.93. The molecular formula is C19H19NO6S. The predicted molar refractivity (Wildman–Crippen MR) is 100 cm³/mol. The summed E-state index contributed by atoms with van der Waals surface area (Å²) in [6.07, 6.45) is 1.16. The van der Waals surface area contributed by atoms with Crippen molar-refractivity contribution < 1.29 is 27.9 Å². The number of methoxy groups -OCH3 is 1. The van der Waals surface area contributed by atoms with E-state index in [2.05, 4.69) is 0 Å². The zero-order valence-corrected chi connectivity index (χ0v) is 15.3. The van der Waals surface area contributed by atoms with Crippen molar-refractivity contribution in [3.05, 3.63) is 71.1 Å². The highest BCUT2D eigenvalue weighted by Gasteiger charge is 2.29. The van der Waals surface area contributed by atoms with E-state index < -0.39 is 27.8 Å². The SMILES string of the molecule is COc1ccc(CC(C(=O)O)C(=O)NS(=O)(=O)C=Cc2ccccc2)cc1. The number of rotatable bonds is 8. The Morgan fingerprint density at radius 1 is 1.11 bits per heavy atom. The Morgan fingerprint density at radius 2 is 1.74 bits per heavy atom. The fraction of sp³-hybridized carbons (Fsp3) is 0.158. The summed E-state index contributed by atoms with van der Waals surface area (Å²) in [6, 6.07) is 15.1. The summed E-state index contributed by atoms with van der Waals surface area (Å²) in [6.45, 7) is 0. The van der Waals surface area contributed by atoms with Crippen molar-refractivity contribution in [2.75, 3.05) is 7.11 Å². The molecule has 0 radical (unpaired) electrons. The molecule has 0 spiro atoms. The van der Waals surface area contributed by atoms with Gasteiger partial charge in [-0.2, -0.15) is 0 Å². The molecule has 0 aliphatic heterocycles. The molecule has 0 bridgehead atoms. The van der Waals surface area contributed by atoms with E-state index in [0.29, 0.717) is 16.9 Å². The number of hydrogen-bond donors (Lipinski definition) is 2. The lowest BCUT2D eigenvalue weighted by molar-refractivity contribution is -0.146. The Morgan fingerprint density at radius 3 is 2.30 bits per heavy atom. The first-order chi connectivity index (χ1) is 12.8. The topological polar surface area (TPSA) is 110 Å². The number of sulfonamides is 1. The van der Waals surface area contributed by atoms with Gasteiger partial charge in [-0.05, 0) is 35.8 Å². The minimum absolute atomic E-state index is 0.150. The summed E-state index contributed by atoms with van der Waals surface area (Å²) >= 11 is 0. The van der Waals surface area contributed by atoms with E-state index in [9.17, 15) is 23.1 Å². The maximum Gasteiger partial charge on any atom is 0.316 e. The Labute approximate surface area is 157 Å². The molecule has 2 aromatic carbocycles. The molecule has 2 N–H and O–H groups in total. The quantitative estimate of drug-likeness (QED) is 0.669. The lowest BCUT2D eigenvalue weighted by Crippen LogP contribution is -2.39. The van der Waals surface area contributed by atoms with Gasteiger partial charge in [0.25, 0.3) is 10.0 Å². The fourth-order valence-electron chi connectivity index (χ4n) is 2.27. The minimum atomic E-state index is -4.12. The molecule has 0 aromatic heterocycles. The van der Waals surface area contributed by atoms with Crippen LogP contribution in [0.4, 0.5) is 0 Å². The van der Waals surface area contributed by atoms with Crippen LogP contribution in [0.2, 0.25) is 0 Å². The smallest absolute Gasteiger partial charge is 0.316 e. The monoisotopic (exact) mass is 389 g/mol. The molecule has 0 fully saturated rings. The van der Waals surface area contributed by atoms with E-state index >= 15 is 0 Å². The third-order valence-corrected chi connectivity index (χ3v) is 4.68. The molecule has 0 aliphatic rings. The first-order valence-electron chi connectivity index (χ1n) is 7.96. The average molecular weight is 389 g/mol. The van der Waals surface area contributed by atoms with E-state index in [1.165, 1.54) is 13.2 Å². The normalized spacial score (nSPS) is 12.5. The molecule has 2 rings (SSSR count). The molecule has 27 heavy (non-hydrogen) atoms. The van der Waals surface area contributed by atoms with Crippen molar-refractivity contribution in [3.63, 3.8) is 0 Å². The van der Waals surface area contributed by atoms with Gasteiger partial charge in [-0.3, -0.25) is 9.59 Å². The van der Waals surface area contributed by atoms with Crippen molar-refractivity contribution in [2.45, 2.75) is 6.42 Å². The van der Waals surface area contributed by atoms with Gasteiger partial charge in [0.2, 0.25) is 5.91 Å². The van der Waals surface area contributed by atoms with E-state index in [1.54, 1.807) is 59.3 Å². The molecule has 1 amide bonds. The van der Waals surface area contributed by atoms with E-state index in [1.807, 2.05) is 0 Å². The lowest BCUT2D eigenvalue weighted by Gasteiger charge is -2.12. The number of nitrogens with one attached hydrogen (secondary N) is 1. The van der Waals surface area contributed by atoms with Crippen LogP contribution < -0.4 is 9.46 Å². The Balaban J connectivity index is 2.09. The molecule has 1 unspecified atom stereocenters. The van der Waals surface area contributed by atoms with Gasteiger partial charge in [0.05, 0.1) is 12.5 Å². The second-order valence-electron chi connectivity index (χ2n) is 5.67. The molecular weight excluding hydrogens is 370 g/mol. The van der Waals surface area contributed by atoms with Gasteiger partial charge in [0, 0.05) is 0 Å². The van der Waals surface area contributed by atoms with Crippen LogP contribution in [0.25, 0.3) is 6.08 Å². The number of amides is 1. The number of carbonyl (C=O) groups excluding carboxylic acids is 1. The third-order valence-electron chi connectivity index (χ3n) is 3.70. The summed E-state index contributed by atoms with van der Waals surface area (Å²) in [4.78, 5) is 23.6. The standard InChI is InChI=1S/C19H19NO6S/c1-26-16-9-7-15(8-10-16)13-17(19(22)23)18(21)20-27(24,25)12-11-14-5-3-2-4-6-14/h2-12,17H,13H2,1H3,(H,20,21)(H,22,23). The van der Waals surface area contributed by atoms with Crippen LogP contribution in [0.5, 0.6) is 5.75 Å². The van der Waals surface area contributed by atoms with Gasteiger partial charge in [-0.15, -0.1) is 0 Å². The van der Waals surface area contributed by atoms with E-state index in [-0.39, 0.29) is 6.42 Å². The number of ether oxygens (including phenoxy) is 1. The summed E-state index contributed by atoms with van der Waals surface area (Å²) in [5, 5.41) is 10.1. The van der Waals surface area contributed by atoms with E-state index in [0.717, 1.165) is 5.41 Å². The van der Waals surface area contributed by atoms with E-state index in [4.69, 9.17) is 4.74 Å². The lowest BCUT2D eigenvalue weighted by atomic mass is 9.99. The molecule has 2 aromatic rings. The highest BCUT2D eigenvalue weighted by atomic mass is 32.2. The summed E-state index contributed by atoms with van der Waals surface area (Å²) in [5.41, 5.74) is 1.19. The zero-order valence-electron chi connectivity index (χ0n) is 14.5. The first kappa shape index (κ1) is 20.2. The number of hydrogen-bond acceptors (Lipinski definition) is 5. The Hall–Kier alpha value is -3.13. The first-order valence-corrected chi connectivity index (χ1v) is 9.51. The number of benzene rings is 2. The molecule has 0 saturated carbocycles. The minimum Gasteiger partial charge on any atom is -0.497 e. The molecule has 0 heterocycles. The number of carbonyl (C=O) groups is 2. The van der Waals surface area contributed by atoms with Crippen molar-refractivity contribution in [1.29, 1.82) is 0 Å². The van der Waals surface area contributed by atoms with Gasteiger partial charge in [-0.25, -0.2) is 13.1 Å². The maximum absolute atomic E-state index is 12.2. The van der Waals surface area contributed by atoms with Gasteiger partial charge in [0.1, 0.15) is 11.7 Å². The number of carboxylic acid groups (broad SMARTS) is 1. The Bertz CT molecular complexity index is 920. The van der Waals surface area contributed by atoms with Crippen LogP contribution in [0.15, 0.2) is 60.0 Å². The second kappa shape index (κ2) is 9.00. The van der Waals surface area contributed by atoms with Crippen molar-refractivity contribution in [1.82, 2.24) is 4.72 Å². The largest absolute Gasteiger partial charge is 0.497 e. The Kier molecular flexibility index (Phi) is 6.73. The van der Waals surface area contributed by atoms with Gasteiger partial charge in [0.15, 0.2) is 0 Å². The average Bonchev–Trinajstić information content (AvgIpc) is 2.65. The van der Waals surface area contributed by atoms with Crippen molar-refractivity contribution in [3.8, 4) is 5.75 Å². The van der Waals surface area contributed by atoms with Gasteiger partial charge < -0.3 is 9.84 Å².